The molecule has 2 aromatic heterocycles. The van der Waals surface area contributed by atoms with E-state index < -0.39 is 0 Å². The molecule has 4 rings (SSSR count). The lowest BCUT2D eigenvalue weighted by atomic mass is 10.1. The van der Waals surface area contributed by atoms with Crippen LogP contribution in [0.5, 0.6) is 0 Å². The Bertz CT molecular complexity index is 732. The average molecular weight is 294 g/mol. The summed E-state index contributed by atoms with van der Waals surface area (Å²) in [6.45, 7) is 0. The maximum atomic E-state index is 5.62. The van der Waals surface area contributed by atoms with Gasteiger partial charge in [0.2, 0.25) is 0 Å². The molecule has 0 aliphatic carbocycles. The molecule has 0 N–H and O–H groups in total. The highest BCUT2D eigenvalue weighted by atomic mass is 32.1. The summed E-state index contributed by atoms with van der Waals surface area (Å²) in [6, 6.07) is 18.5. The second kappa shape index (κ2) is 5.22. The fourth-order valence-corrected chi connectivity index (χ4v) is 3.34. The molecule has 0 spiro atoms. The van der Waals surface area contributed by atoms with E-state index in [0.717, 1.165) is 23.6 Å². The Morgan fingerprint density at radius 3 is 2.67 bits per heavy atom. The summed E-state index contributed by atoms with van der Waals surface area (Å²) in [5.41, 5.74) is 2.21. The maximum absolute atomic E-state index is 5.62. The highest BCUT2D eigenvalue weighted by molar-refractivity contribution is 7.12. The first-order valence-electron chi connectivity index (χ1n) is 6.91. The molecule has 3 heterocycles. The summed E-state index contributed by atoms with van der Waals surface area (Å²) in [6.07, 6.45) is 2.59. The van der Waals surface area contributed by atoms with E-state index >= 15 is 0 Å². The van der Waals surface area contributed by atoms with Gasteiger partial charge in [-0.2, -0.15) is 5.10 Å². The summed E-state index contributed by atoms with van der Waals surface area (Å²) in [5.74, 6) is 0.953. The summed E-state index contributed by atoms with van der Waals surface area (Å²) < 4.78 is 5.62. The number of rotatable bonds is 3. The summed E-state index contributed by atoms with van der Waals surface area (Å²) in [5, 5.41) is 8.99. The Labute approximate surface area is 127 Å². The molecule has 0 unspecified atom stereocenters. The van der Waals surface area contributed by atoms with Crippen LogP contribution in [0.3, 0.4) is 0 Å². The van der Waals surface area contributed by atoms with Gasteiger partial charge in [-0.15, -0.1) is 11.3 Å². The van der Waals surface area contributed by atoms with E-state index in [2.05, 4.69) is 34.7 Å². The number of furan rings is 1. The molecule has 0 saturated heterocycles. The van der Waals surface area contributed by atoms with Crippen molar-refractivity contribution >= 4 is 22.7 Å². The van der Waals surface area contributed by atoms with Crippen LogP contribution in [0.25, 0.3) is 0 Å². The molecule has 0 fully saturated rings. The third kappa shape index (κ3) is 2.28. The van der Waals surface area contributed by atoms with Crippen molar-refractivity contribution in [2.24, 2.45) is 5.10 Å². The quantitative estimate of drug-likeness (QED) is 0.700. The average Bonchev–Trinajstić information content (AvgIpc) is 3.27. The lowest BCUT2D eigenvalue weighted by molar-refractivity contribution is 0.465. The predicted molar refractivity (Wildman–Crippen MR) is 85.8 cm³/mol. The van der Waals surface area contributed by atoms with Crippen molar-refractivity contribution in [2.45, 2.75) is 12.5 Å². The molecule has 4 heteroatoms. The molecular weight excluding hydrogens is 280 g/mol. The summed E-state index contributed by atoms with van der Waals surface area (Å²) in [7, 11) is 0. The van der Waals surface area contributed by atoms with Crippen LogP contribution in [-0.4, -0.2) is 5.71 Å². The minimum absolute atomic E-state index is 0.125. The van der Waals surface area contributed by atoms with Crippen molar-refractivity contribution in [3.63, 3.8) is 0 Å². The number of hydrazone groups is 1. The molecule has 0 saturated carbocycles. The molecule has 1 aromatic carbocycles. The van der Waals surface area contributed by atoms with Gasteiger partial charge in [-0.3, -0.25) is 5.01 Å². The topological polar surface area (TPSA) is 28.7 Å². The van der Waals surface area contributed by atoms with Gasteiger partial charge in [0.1, 0.15) is 11.8 Å². The lowest BCUT2D eigenvalue weighted by Crippen LogP contribution is -2.17. The molecule has 1 aliphatic heterocycles. The van der Waals surface area contributed by atoms with Gasteiger partial charge in [0.05, 0.1) is 22.5 Å². The molecular formula is C17H14N2OS. The number of nitrogens with zero attached hydrogens (tertiary/aromatic N) is 2. The van der Waals surface area contributed by atoms with E-state index in [1.807, 2.05) is 30.3 Å². The SMILES string of the molecule is c1ccc(N2N=C(c3cccs3)C[C@H]2c2ccco2)cc1. The second-order valence-corrected chi connectivity index (χ2v) is 5.89. The highest BCUT2D eigenvalue weighted by Crippen LogP contribution is 2.37. The minimum Gasteiger partial charge on any atom is -0.467 e. The van der Waals surface area contributed by atoms with E-state index in [4.69, 9.17) is 9.52 Å². The molecule has 3 nitrogen and oxygen atoms in total. The third-order valence-corrected chi connectivity index (χ3v) is 4.53. The van der Waals surface area contributed by atoms with Crippen LogP contribution in [0, 0.1) is 0 Å². The number of thiophene rings is 1. The van der Waals surface area contributed by atoms with Gasteiger partial charge in [0.25, 0.3) is 0 Å². The Kier molecular flexibility index (Phi) is 3.09. The smallest absolute Gasteiger partial charge is 0.128 e. The number of benzene rings is 1. The number of hydrogen-bond acceptors (Lipinski definition) is 4. The Balaban J connectivity index is 1.75. The van der Waals surface area contributed by atoms with Crippen molar-refractivity contribution in [3.05, 3.63) is 76.9 Å². The minimum atomic E-state index is 0.125. The monoisotopic (exact) mass is 294 g/mol. The summed E-state index contributed by atoms with van der Waals surface area (Å²) in [4.78, 5) is 1.23. The van der Waals surface area contributed by atoms with E-state index in [-0.39, 0.29) is 6.04 Å². The normalized spacial score (nSPS) is 18.0. The first kappa shape index (κ1) is 12.4. The van der Waals surface area contributed by atoms with E-state index in [9.17, 15) is 0 Å². The van der Waals surface area contributed by atoms with Crippen molar-refractivity contribution < 1.29 is 4.42 Å². The Morgan fingerprint density at radius 2 is 1.95 bits per heavy atom. The van der Waals surface area contributed by atoms with Crippen molar-refractivity contribution in [2.75, 3.05) is 5.01 Å². The fourth-order valence-electron chi connectivity index (χ4n) is 2.62. The molecule has 21 heavy (non-hydrogen) atoms. The maximum Gasteiger partial charge on any atom is 0.128 e. The van der Waals surface area contributed by atoms with Gasteiger partial charge >= 0.3 is 0 Å². The van der Waals surface area contributed by atoms with Gasteiger partial charge < -0.3 is 4.42 Å². The number of para-hydroxylation sites is 1. The van der Waals surface area contributed by atoms with Gasteiger partial charge in [-0.1, -0.05) is 24.3 Å². The van der Waals surface area contributed by atoms with Crippen LogP contribution in [0.2, 0.25) is 0 Å². The molecule has 0 radical (unpaired) electrons. The van der Waals surface area contributed by atoms with Crippen LogP contribution < -0.4 is 5.01 Å². The lowest BCUT2D eigenvalue weighted by Gasteiger charge is -2.21. The van der Waals surface area contributed by atoms with Crippen LogP contribution >= 0.6 is 11.3 Å². The van der Waals surface area contributed by atoms with Crippen molar-refractivity contribution in [3.8, 4) is 0 Å². The fraction of sp³-hybridized carbons (Fsp3) is 0.118. The zero-order valence-corrected chi connectivity index (χ0v) is 12.2. The van der Waals surface area contributed by atoms with E-state index in [0.29, 0.717) is 0 Å². The molecule has 0 bridgehead atoms. The van der Waals surface area contributed by atoms with Gasteiger partial charge in [0.15, 0.2) is 0 Å². The zero-order valence-electron chi connectivity index (χ0n) is 11.3. The number of hydrogen-bond donors (Lipinski definition) is 0. The first-order valence-corrected chi connectivity index (χ1v) is 7.79. The second-order valence-electron chi connectivity index (χ2n) is 4.94. The zero-order chi connectivity index (χ0) is 14.1. The van der Waals surface area contributed by atoms with Crippen molar-refractivity contribution in [1.29, 1.82) is 0 Å². The predicted octanol–water partition coefficient (Wildman–Crippen LogP) is 4.70. The van der Waals surface area contributed by atoms with Crippen LogP contribution in [0.15, 0.2) is 75.8 Å². The van der Waals surface area contributed by atoms with E-state index in [1.54, 1.807) is 17.6 Å². The molecule has 1 aliphatic rings. The largest absolute Gasteiger partial charge is 0.467 e. The van der Waals surface area contributed by atoms with Crippen LogP contribution in [-0.2, 0) is 0 Å². The Hall–Kier alpha value is -2.33. The third-order valence-electron chi connectivity index (χ3n) is 3.61. The van der Waals surface area contributed by atoms with Crippen molar-refractivity contribution in [1.82, 2.24) is 0 Å². The molecule has 1 atom stereocenters. The van der Waals surface area contributed by atoms with Crippen LogP contribution in [0.4, 0.5) is 5.69 Å². The van der Waals surface area contributed by atoms with Crippen LogP contribution in [0.1, 0.15) is 23.1 Å². The molecule has 0 amide bonds. The van der Waals surface area contributed by atoms with E-state index in [1.165, 1.54) is 4.88 Å². The highest BCUT2D eigenvalue weighted by Gasteiger charge is 2.31. The molecule has 3 aromatic rings. The van der Waals surface area contributed by atoms with Gasteiger partial charge in [-0.05, 0) is 35.7 Å². The number of anilines is 1. The Morgan fingerprint density at radius 1 is 1.05 bits per heavy atom. The van der Waals surface area contributed by atoms with Gasteiger partial charge in [0, 0.05) is 6.42 Å². The standard InChI is InChI=1S/C17H14N2OS/c1-2-6-13(7-3-1)19-15(16-8-4-10-20-16)12-14(18-19)17-9-5-11-21-17/h1-11,15H,12H2/t15-/m0/s1. The summed E-state index contributed by atoms with van der Waals surface area (Å²) >= 11 is 1.73. The van der Waals surface area contributed by atoms with Gasteiger partial charge in [-0.25, -0.2) is 0 Å². The molecule has 104 valence electrons. The first-order chi connectivity index (χ1) is 10.4.